The molecule has 0 aromatic heterocycles. The molecular weight excluding hydrogens is 250 g/mol. The van der Waals surface area contributed by atoms with Crippen LogP contribution in [-0.4, -0.2) is 66.8 Å². The number of rotatable bonds is 4. The zero-order chi connectivity index (χ0) is 13.8. The molecule has 4 heteroatoms. The molecule has 2 heterocycles. The SMILES string of the molecule is OCCN1CCN(C[C@@H]2Cc3ccccc3CN2)CC1. The predicted molar refractivity (Wildman–Crippen MR) is 80.7 cm³/mol. The van der Waals surface area contributed by atoms with Crippen molar-refractivity contribution in [1.82, 2.24) is 15.1 Å². The Hall–Kier alpha value is -0.940. The number of piperazine rings is 1. The maximum absolute atomic E-state index is 8.97. The number of hydrogen-bond donors (Lipinski definition) is 2. The second-order valence-corrected chi connectivity index (χ2v) is 5.92. The van der Waals surface area contributed by atoms with Crippen LogP contribution in [0.1, 0.15) is 11.1 Å². The molecule has 4 nitrogen and oxygen atoms in total. The first-order chi connectivity index (χ1) is 9.85. The molecule has 1 aromatic carbocycles. The lowest BCUT2D eigenvalue weighted by atomic mass is 9.95. The summed E-state index contributed by atoms with van der Waals surface area (Å²) in [5, 5.41) is 12.6. The molecule has 2 aliphatic rings. The number of aliphatic hydroxyl groups is 1. The monoisotopic (exact) mass is 275 g/mol. The number of nitrogens with one attached hydrogen (secondary N) is 1. The van der Waals surface area contributed by atoms with Gasteiger partial charge in [-0.2, -0.15) is 0 Å². The third kappa shape index (κ3) is 3.38. The smallest absolute Gasteiger partial charge is 0.0558 e. The molecule has 1 fully saturated rings. The van der Waals surface area contributed by atoms with E-state index in [0.29, 0.717) is 6.04 Å². The Labute approximate surface area is 121 Å². The molecule has 20 heavy (non-hydrogen) atoms. The highest BCUT2D eigenvalue weighted by molar-refractivity contribution is 5.29. The van der Waals surface area contributed by atoms with Crippen LogP contribution in [0.2, 0.25) is 0 Å². The Bertz CT molecular complexity index is 429. The van der Waals surface area contributed by atoms with Crippen LogP contribution in [-0.2, 0) is 13.0 Å². The second kappa shape index (κ2) is 6.68. The van der Waals surface area contributed by atoms with Crippen molar-refractivity contribution in [2.45, 2.75) is 19.0 Å². The molecule has 1 saturated heterocycles. The van der Waals surface area contributed by atoms with Crippen LogP contribution in [0.15, 0.2) is 24.3 Å². The maximum Gasteiger partial charge on any atom is 0.0558 e. The van der Waals surface area contributed by atoms with Crippen LogP contribution in [0.25, 0.3) is 0 Å². The first-order valence-corrected chi connectivity index (χ1v) is 7.71. The summed E-state index contributed by atoms with van der Waals surface area (Å²) < 4.78 is 0. The largest absolute Gasteiger partial charge is 0.395 e. The fourth-order valence-corrected chi connectivity index (χ4v) is 3.30. The van der Waals surface area contributed by atoms with Crippen molar-refractivity contribution in [3.05, 3.63) is 35.4 Å². The lowest BCUT2D eigenvalue weighted by Crippen LogP contribution is -2.52. The predicted octanol–water partition coefficient (Wildman–Crippen LogP) is 0.311. The van der Waals surface area contributed by atoms with Gasteiger partial charge in [-0.25, -0.2) is 0 Å². The van der Waals surface area contributed by atoms with Crippen molar-refractivity contribution in [2.24, 2.45) is 0 Å². The van der Waals surface area contributed by atoms with E-state index in [-0.39, 0.29) is 6.61 Å². The molecule has 110 valence electrons. The van der Waals surface area contributed by atoms with Gasteiger partial charge in [0.2, 0.25) is 0 Å². The summed E-state index contributed by atoms with van der Waals surface area (Å²) in [7, 11) is 0. The van der Waals surface area contributed by atoms with Gasteiger partial charge in [0, 0.05) is 51.9 Å². The van der Waals surface area contributed by atoms with Crippen molar-refractivity contribution in [3.63, 3.8) is 0 Å². The molecule has 0 bridgehead atoms. The standard InChI is InChI=1S/C16H25N3O/c20-10-9-18-5-7-19(8-6-18)13-16-11-14-3-1-2-4-15(14)12-17-16/h1-4,16-17,20H,5-13H2/t16-/m0/s1. The van der Waals surface area contributed by atoms with E-state index in [2.05, 4.69) is 39.4 Å². The number of aliphatic hydroxyl groups excluding tert-OH is 1. The fourth-order valence-electron chi connectivity index (χ4n) is 3.30. The molecule has 0 aliphatic carbocycles. The minimum Gasteiger partial charge on any atom is -0.395 e. The molecule has 2 aliphatic heterocycles. The van der Waals surface area contributed by atoms with E-state index in [4.69, 9.17) is 5.11 Å². The number of nitrogens with zero attached hydrogens (tertiary/aromatic N) is 2. The third-order valence-corrected chi connectivity index (χ3v) is 4.53. The van der Waals surface area contributed by atoms with E-state index >= 15 is 0 Å². The lowest BCUT2D eigenvalue weighted by molar-refractivity contribution is 0.105. The Kier molecular flexibility index (Phi) is 4.68. The highest BCUT2D eigenvalue weighted by Gasteiger charge is 2.22. The average Bonchev–Trinajstić information content (AvgIpc) is 2.49. The first-order valence-electron chi connectivity index (χ1n) is 7.71. The topological polar surface area (TPSA) is 38.7 Å². The maximum atomic E-state index is 8.97. The molecule has 2 N–H and O–H groups in total. The summed E-state index contributed by atoms with van der Waals surface area (Å²) in [6, 6.07) is 9.35. The third-order valence-electron chi connectivity index (χ3n) is 4.53. The van der Waals surface area contributed by atoms with Crippen LogP contribution in [0, 0.1) is 0 Å². The Morgan fingerprint density at radius 3 is 2.50 bits per heavy atom. The molecule has 0 radical (unpaired) electrons. The molecule has 0 unspecified atom stereocenters. The summed E-state index contributed by atoms with van der Waals surface area (Å²) >= 11 is 0. The van der Waals surface area contributed by atoms with Gasteiger partial charge in [-0.3, -0.25) is 9.80 Å². The van der Waals surface area contributed by atoms with Crippen LogP contribution in [0.4, 0.5) is 0 Å². The molecule has 0 spiro atoms. The van der Waals surface area contributed by atoms with Gasteiger partial charge in [0.25, 0.3) is 0 Å². The summed E-state index contributed by atoms with van der Waals surface area (Å²) in [6.45, 7) is 7.67. The summed E-state index contributed by atoms with van der Waals surface area (Å²) in [6.07, 6.45) is 1.15. The Balaban J connectivity index is 1.48. The van der Waals surface area contributed by atoms with Crippen molar-refractivity contribution >= 4 is 0 Å². The van der Waals surface area contributed by atoms with E-state index in [1.165, 1.54) is 11.1 Å². The van der Waals surface area contributed by atoms with E-state index in [9.17, 15) is 0 Å². The second-order valence-electron chi connectivity index (χ2n) is 5.92. The van der Waals surface area contributed by atoms with Gasteiger partial charge in [0.15, 0.2) is 0 Å². The van der Waals surface area contributed by atoms with E-state index < -0.39 is 0 Å². The van der Waals surface area contributed by atoms with Gasteiger partial charge in [-0.1, -0.05) is 24.3 Å². The summed E-state index contributed by atoms with van der Waals surface area (Å²) in [5.74, 6) is 0. The summed E-state index contributed by atoms with van der Waals surface area (Å²) in [5.41, 5.74) is 2.96. The van der Waals surface area contributed by atoms with E-state index in [0.717, 1.165) is 52.2 Å². The minimum atomic E-state index is 0.279. The quantitative estimate of drug-likeness (QED) is 0.830. The highest BCUT2D eigenvalue weighted by Crippen LogP contribution is 2.17. The molecule has 0 amide bonds. The van der Waals surface area contributed by atoms with Crippen LogP contribution >= 0.6 is 0 Å². The first kappa shape index (κ1) is 14.0. The van der Waals surface area contributed by atoms with Crippen LogP contribution in [0.5, 0.6) is 0 Å². The van der Waals surface area contributed by atoms with Crippen LogP contribution in [0.3, 0.4) is 0 Å². The molecule has 0 saturated carbocycles. The van der Waals surface area contributed by atoms with Gasteiger partial charge >= 0.3 is 0 Å². The van der Waals surface area contributed by atoms with Gasteiger partial charge in [0.05, 0.1) is 6.61 Å². The number of fused-ring (bicyclic) bond motifs is 1. The van der Waals surface area contributed by atoms with Gasteiger partial charge in [0.1, 0.15) is 0 Å². The van der Waals surface area contributed by atoms with Crippen molar-refractivity contribution in [2.75, 3.05) is 45.9 Å². The van der Waals surface area contributed by atoms with Gasteiger partial charge in [-0.05, 0) is 17.5 Å². The molecule has 1 atom stereocenters. The Morgan fingerprint density at radius 2 is 1.75 bits per heavy atom. The van der Waals surface area contributed by atoms with Gasteiger partial charge < -0.3 is 10.4 Å². The molecule has 3 rings (SSSR count). The average molecular weight is 275 g/mol. The highest BCUT2D eigenvalue weighted by atomic mass is 16.3. The van der Waals surface area contributed by atoms with Crippen LogP contribution < -0.4 is 5.32 Å². The number of β-amino-alcohol motifs (C(OH)–C–C–N with tert-alkyl or cyclic N) is 1. The fraction of sp³-hybridized carbons (Fsp3) is 0.625. The summed E-state index contributed by atoms with van der Waals surface area (Å²) in [4.78, 5) is 4.90. The van der Waals surface area contributed by atoms with Crippen molar-refractivity contribution < 1.29 is 5.11 Å². The molecule has 1 aromatic rings. The molecular formula is C16H25N3O. The minimum absolute atomic E-state index is 0.279. The van der Waals surface area contributed by atoms with Gasteiger partial charge in [-0.15, -0.1) is 0 Å². The number of hydrogen-bond acceptors (Lipinski definition) is 4. The van der Waals surface area contributed by atoms with Crippen molar-refractivity contribution in [3.8, 4) is 0 Å². The lowest BCUT2D eigenvalue weighted by Gasteiger charge is -2.37. The zero-order valence-corrected chi connectivity index (χ0v) is 12.1. The number of benzene rings is 1. The normalized spacial score (nSPS) is 24.6. The van der Waals surface area contributed by atoms with Crippen molar-refractivity contribution in [1.29, 1.82) is 0 Å². The zero-order valence-electron chi connectivity index (χ0n) is 12.1. The van der Waals surface area contributed by atoms with E-state index in [1.54, 1.807) is 0 Å². The van der Waals surface area contributed by atoms with E-state index in [1.807, 2.05) is 0 Å². The Morgan fingerprint density at radius 1 is 1.05 bits per heavy atom.